The fraction of sp³-hybridized carbons (Fsp3) is 0. The van der Waals surface area contributed by atoms with Gasteiger partial charge in [-0.25, -0.2) is 0 Å². The maximum Gasteiger partial charge on any atom is 0.631 e. The Hall–Kier alpha value is -0.991. The quantitative estimate of drug-likeness (QED) is 0.100. The van der Waals surface area contributed by atoms with E-state index in [0.29, 0.717) is 0 Å². The van der Waals surface area contributed by atoms with Crippen LogP contribution in [0.5, 0.6) is 0 Å². The predicted molar refractivity (Wildman–Crippen MR) is 223 cm³/mol. The largest absolute Gasteiger partial charge is 0.631 e. The van der Waals surface area contributed by atoms with Gasteiger partial charge in [-0.2, -0.15) is 0 Å². The van der Waals surface area contributed by atoms with Crippen molar-refractivity contribution >= 4 is 132 Å². The van der Waals surface area contributed by atoms with E-state index in [4.69, 9.17) is 271 Å². The molecule has 0 aromatic heterocycles. The third-order valence-corrected chi connectivity index (χ3v) is 0. The zero-order valence-electron chi connectivity index (χ0n) is 34.5. The standard InChI is InChI=1S/18BH3O3/c18*2-1(3)4/h18*2-4H. The first-order valence-corrected chi connectivity index (χ1v) is 13.9. The minimum atomic E-state index is -2.17. The molecule has 0 aromatic rings. The van der Waals surface area contributed by atoms with Crippen LogP contribution in [-0.4, -0.2) is 403 Å². The Bertz CT molecular complexity index is 369. The molecule has 0 aliphatic carbocycles. The van der Waals surface area contributed by atoms with Crippen molar-refractivity contribution in [1.29, 1.82) is 0 Å². The second kappa shape index (κ2) is 119. The van der Waals surface area contributed by atoms with Crippen LogP contribution in [0.2, 0.25) is 0 Å². The zero-order valence-corrected chi connectivity index (χ0v) is 34.5. The summed E-state index contributed by atoms with van der Waals surface area (Å²) in [4.78, 5) is 0. The monoisotopic (exact) mass is 1120 g/mol. The summed E-state index contributed by atoms with van der Waals surface area (Å²) in [7, 11) is -39.0. The van der Waals surface area contributed by atoms with Crippen molar-refractivity contribution in [1.82, 2.24) is 0 Å². The summed E-state index contributed by atoms with van der Waals surface area (Å²) in [5.74, 6) is 0. The van der Waals surface area contributed by atoms with Crippen LogP contribution in [0.1, 0.15) is 0 Å². The van der Waals surface area contributed by atoms with Crippen LogP contribution in [0.3, 0.4) is 0 Å². The van der Waals surface area contributed by atoms with Gasteiger partial charge >= 0.3 is 132 Å². The van der Waals surface area contributed by atoms with Crippen LogP contribution >= 0.6 is 0 Å². The van der Waals surface area contributed by atoms with Crippen molar-refractivity contribution in [3.63, 3.8) is 0 Å². The molecule has 0 fully saturated rings. The van der Waals surface area contributed by atoms with Crippen LogP contribution in [-0.2, 0) is 0 Å². The van der Waals surface area contributed by atoms with Gasteiger partial charge in [0.15, 0.2) is 0 Å². The summed E-state index contributed by atoms with van der Waals surface area (Å²) < 4.78 is 0. The lowest BCUT2D eigenvalue weighted by atomic mass is 10.3. The molecule has 0 rings (SSSR count). The van der Waals surface area contributed by atoms with E-state index in [1.165, 1.54) is 0 Å². The molecule has 0 aromatic carbocycles. The normalized spacial score (nSPS) is 6.75. The van der Waals surface area contributed by atoms with Gasteiger partial charge in [-0.05, 0) is 0 Å². The molecule has 0 spiro atoms. The SMILES string of the molecule is OB(O)O.OB(O)O.OB(O)O.OB(O)O.OB(O)O.OB(O)O.OB(O)O.OB(O)O.OB(O)O.OB(O)O.OB(O)O.OB(O)O.OB(O)O.OB(O)O.OB(O)O.OB(O)O.OB(O)O.OB(O)O. The highest BCUT2D eigenvalue weighted by Crippen LogP contribution is 1.46. The van der Waals surface area contributed by atoms with E-state index < -0.39 is 132 Å². The summed E-state index contributed by atoms with van der Waals surface area (Å²) in [6.07, 6.45) is 0. The van der Waals surface area contributed by atoms with Gasteiger partial charge in [0.05, 0.1) is 0 Å². The maximum absolute atomic E-state index is 7.17. The van der Waals surface area contributed by atoms with Gasteiger partial charge in [-0.15, -0.1) is 0 Å². The molecular weight excluding hydrogens is 1060 g/mol. The maximum atomic E-state index is 7.17. The van der Waals surface area contributed by atoms with Crippen molar-refractivity contribution in [3.05, 3.63) is 0 Å². The number of hydrogen-bond donors (Lipinski definition) is 54. The second-order valence-electron chi connectivity index (χ2n) is 6.24. The third-order valence-electron chi connectivity index (χ3n) is 0. The molecule has 72 heteroatoms. The van der Waals surface area contributed by atoms with E-state index in [2.05, 4.69) is 0 Å². The van der Waals surface area contributed by atoms with Gasteiger partial charge in [0, 0.05) is 0 Å². The molecule has 72 heavy (non-hydrogen) atoms. The minimum Gasteiger partial charge on any atom is -0.402 e. The highest BCUT2D eigenvalue weighted by Gasteiger charge is 1.98. The topological polar surface area (TPSA) is 1090 Å². The van der Waals surface area contributed by atoms with Gasteiger partial charge < -0.3 is 271 Å². The van der Waals surface area contributed by atoms with Gasteiger partial charge in [0.2, 0.25) is 0 Å². The Morgan fingerprint density at radius 1 is 0.0556 bits per heavy atom. The average Bonchev–Trinajstić information content (AvgIpc) is 2.91. The lowest BCUT2D eigenvalue weighted by molar-refractivity contribution is 0.276. The number of hydrogen-bond acceptors (Lipinski definition) is 54. The van der Waals surface area contributed by atoms with Gasteiger partial charge in [0.25, 0.3) is 0 Å². The smallest absolute Gasteiger partial charge is 0.402 e. The van der Waals surface area contributed by atoms with Gasteiger partial charge in [0.1, 0.15) is 0 Å². The Morgan fingerprint density at radius 3 is 0.0556 bits per heavy atom. The molecule has 0 unspecified atom stereocenters. The fourth-order valence-electron chi connectivity index (χ4n) is 0. The molecule has 0 aliphatic heterocycles. The molecule has 0 aliphatic rings. The van der Waals surface area contributed by atoms with Crippen LogP contribution in [0.25, 0.3) is 0 Å². The van der Waals surface area contributed by atoms with Crippen molar-refractivity contribution < 1.29 is 271 Å². The van der Waals surface area contributed by atoms with Crippen molar-refractivity contribution in [2.75, 3.05) is 0 Å². The molecule has 0 bridgehead atoms. The summed E-state index contributed by atoms with van der Waals surface area (Å²) >= 11 is 0. The van der Waals surface area contributed by atoms with Crippen molar-refractivity contribution in [3.8, 4) is 0 Å². The molecule has 0 amide bonds. The Morgan fingerprint density at radius 2 is 0.0556 bits per heavy atom. The average molecular weight is 1110 g/mol. The Balaban J connectivity index is -0.0000000268. The lowest BCUT2D eigenvalue weighted by Gasteiger charge is -1.69. The molecule has 0 radical (unpaired) electrons. The molecule has 0 atom stereocenters. The van der Waals surface area contributed by atoms with Crippen LogP contribution in [0.4, 0.5) is 0 Å². The van der Waals surface area contributed by atoms with E-state index in [9.17, 15) is 0 Å². The van der Waals surface area contributed by atoms with E-state index in [0.717, 1.165) is 0 Å². The summed E-state index contributed by atoms with van der Waals surface area (Å²) in [6, 6.07) is 0. The van der Waals surface area contributed by atoms with Crippen LogP contribution in [0, 0.1) is 0 Å². The first-order valence-electron chi connectivity index (χ1n) is 13.9. The van der Waals surface area contributed by atoms with Crippen LogP contribution < -0.4 is 0 Å². The summed E-state index contributed by atoms with van der Waals surface area (Å²) in [5.41, 5.74) is 0. The Labute approximate surface area is 403 Å². The zero-order chi connectivity index (χ0) is 64.4. The van der Waals surface area contributed by atoms with Crippen molar-refractivity contribution in [2.45, 2.75) is 0 Å². The first kappa shape index (κ1) is 124. The highest BCUT2D eigenvalue weighted by atomic mass is 16.6. The highest BCUT2D eigenvalue weighted by molar-refractivity contribution is 6.34. The predicted octanol–water partition coefficient (Wildman–Crippen LogP) is -36.9. The van der Waals surface area contributed by atoms with Crippen molar-refractivity contribution in [2.24, 2.45) is 0 Å². The second-order valence-corrected chi connectivity index (χ2v) is 6.24. The molecule has 0 saturated heterocycles. The summed E-state index contributed by atoms with van der Waals surface area (Å²) in [5, 5.41) is 387. The lowest BCUT2D eigenvalue weighted by Crippen LogP contribution is -2.07. The minimum absolute atomic E-state index is 2.17. The van der Waals surface area contributed by atoms with Gasteiger partial charge in [-0.3, -0.25) is 0 Å². The fourth-order valence-corrected chi connectivity index (χ4v) is 0. The van der Waals surface area contributed by atoms with Crippen LogP contribution in [0.15, 0.2) is 0 Å². The molecule has 0 saturated carbocycles. The van der Waals surface area contributed by atoms with E-state index in [1.54, 1.807) is 0 Å². The third kappa shape index (κ3) is 325000. The Kier molecular flexibility index (Phi) is 204. The molecule has 0 heterocycles. The van der Waals surface area contributed by atoms with Gasteiger partial charge in [-0.1, -0.05) is 0 Å². The van der Waals surface area contributed by atoms with E-state index in [-0.39, 0.29) is 0 Å². The first-order chi connectivity index (χ1) is 31.2. The molecule has 54 nitrogen and oxygen atoms in total. The van der Waals surface area contributed by atoms with E-state index in [1.807, 2.05) is 0 Å². The molecule has 54 N–H and O–H groups in total. The summed E-state index contributed by atoms with van der Waals surface area (Å²) in [6.45, 7) is 0. The molecule has 432 valence electrons. The number of rotatable bonds is 0. The van der Waals surface area contributed by atoms with E-state index >= 15 is 0 Å². The molecular formula is H54B18O54.